The molecule has 1 amide bonds. The summed E-state index contributed by atoms with van der Waals surface area (Å²) in [6.45, 7) is 0.593. The highest BCUT2D eigenvalue weighted by Crippen LogP contribution is 2.11. The minimum Gasteiger partial charge on any atom is -0.497 e. The lowest BCUT2D eigenvalue weighted by molar-refractivity contribution is 0.0954. The van der Waals surface area contributed by atoms with E-state index in [4.69, 9.17) is 10.5 Å². The van der Waals surface area contributed by atoms with Crippen LogP contribution >= 0.6 is 0 Å². The van der Waals surface area contributed by atoms with Crippen LogP contribution in [-0.4, -0.2) is 19.6 Å². The first kappa shape index (κ1) is 13.9. The molecule has 0 saturated carbocycles. The van der Waals surface area contributed by atoms with Gasteiger partial charge in [-0.2, -0.15) is 0 Å². The summed E-state index contributed by atoms with van der Waals surface area (Å²) in [7, 11) is 1.64. The van der Waals surface area contributed by atoms with Crippen LogP contribution < -0.4 is 15.8 Å². The molecule has 0 bridgehead atoms. The molecule has 0 aliphatic heterocycles. The summed E-state index contributed by atoms with van der Waals surface area (Å²) in [4.78, 5) is 11.9. The van der Waals surface area contributed by atoms with Gasteiger partial charge in [0, 0.05) is 17.8 Å². The smallest absolute Gasteiger partial charge is 0.251 e. The lowest BCUT2D eigenvalue weighted by Gasteiger charge is -2.06. The van der Waals surface area contributed by atoms with E-state index in [1.165, 1.54) is 0 Å². The minimum atomic E-state index is -0.0847. The number of methoxy groups -OCH3 is 1. The summed E-state index contributed by atoms with van der Waals surface area (Å²) in [6.07, 6.45) is 0.782. The first-order chi connectivity index (χ1) is 9.69. The van der Waals surface area contributed by atoms with Crippen molar-refractivity contribution in [1.82, 2.24) is 5.32 Å². The number of hydrogen-bond donors (Lipinski definition) is 2. The van der Waals surface area contributed by atoms with E-state index in [1.54, 1.807) is 31.4 Å². The van der Waals surface area contributed by atoms with E-state index in [0.717, 1.165) is 17.7 Å². The van der Waals surface area contributed by atoms with Crippen LogP contribution in [0, 0.1) is 0 Å². The monoisotopic (exact) mass is 270 g/mol. The van der Waals surface area contributed by atoms with Crippen molar-refractivity contribution in [2.45, 2.75) is 6.42 Å². The molecule has 0 spiro atoms. The van der Waals surface area contributed by atoms with Crippen LogP contribution in [0.3, 0.4) is 0 Å². The van der Waals surface area contributed by atoms with Gasteiger partial charge in [-0.1, -0.05) is 12.1 Å². The zero-order valence-electron chi connectivity index (χ0n) is 11.4. The molecule has 4 nitrogen and oxygen atoms in total. The maximum Gasteiger partial charge on any atom is 0.251 e. The van der Waals surface area contributed by atoms with Crippen molar-refractivity contribution in [3.8, 4) is 5.75 Å². The predicted molar refractivity (Wildman–Crippen MR) is 79.9 cm³/mol. The average molecular weight is 270 g/mol. The molecule has 0 saturated heterocycles. The summed E-state index contributed by atoms with van der Waals surface area (Å²) in [5, 5.41) is 2.88. The van der Waals surface area contributed by atoms with Crippen LogP contribution in [0.2, 0.25) is 0 Å². The normalized spacial score (nSPS) is 10.1. The summed E-state index contributed by atoms with van der Waals surface area (Å²) in [5.74, 6) is 0.748. The molecule has 3 N–H and O–H groups in total. The molecule has 0 radical (unpaired) electrons. The molecular formula is C16H18N2O2. The van der Waals surface area contributed by atoms with Gasteiger partial charge in [0.2, 0.25) is 0 Å². The fraction of sp³-hybridized carbons (Fsp3) is 0.188. The SMILES string of the molecule is COc1ccc(CCNC(=O)c2ccc(N)cc2)cc1. The van der Waals surface area contributed by atoms with Gasteiger partial charge >= 0.3 is 0 Å². The fourth-order valence-electron chi connectivity index (χ4n) is 1.85. The molecule has 0 aromatic heterocycles. The standard InChI is InChI=1S/C16H18N2O2/c1-20-15-8-2-12(3-9-15)10-11-18-16(19)13-4-6-14(17)7-5-13/h2-9H,10-11,17H2,1H3,(H,18,19). The second-order valence-electron chi connectivity index (χ2n) is 4.48. The highest BCUT2D eigenvalue weighted by atomic mass is 16.5. The van der Waals surface area contributed by atoms with E-state index >= 15 is 0 Å². The molecule has 0 atom stereocenters. The van der Waals surface area contributed by atoms with Crippen molar-refractivity contribution in [3.05, 3.63) is 59.7 Å². The number of benzene rings is 2. The topological polar surface area (TPSA) is 64.3 Å². The second kappa shape index (κ2) is 6.61. The molecule has 2 aromatic carbocycles. The lowest BCUT2D eigenvalue weighted by atomic mass is 10.1. The number of amides is 1. The van der Waals surface area contributed by atoms with Crippen molar-refractivity contribution >= 4 is 11.6 Å². The van der Waals surface area contributed by atoms with Gasteiger partial charge < -0.3 is 15.8 Å². The summed E-state index contributed by atoms with van der Waals surface area (Å²) >= 11 is 0. The third-order valence-corrected chi connectivity index (χ3v) is 3.03. The van der Waals surface area contributed by atoms with Gasteiger partial charge in [-0.25, -0.2) is 0 Å². The van der Waals surface area contributed by atoms with E-state index in [9.17, 15) is 4.79 Å². The lowest BCUT2D eigenvalue weighted by Crippen LogP contribution is -2.25. The van der Waals surface area contributed by atoms with Crippen LogP contribution in [0.4, 0.5) is 5.69 Å². The van der Waals surface area contributed by atoms with Gasteiger partial charge in [0.25, 0.3) is 5.91 Å². The van der Waals surface area contributed by atoms with Crippen molar-refractivity contribution in [2.24, 2.45) is 0 Å². The van der Waals surface area contributed by atoms with Gasteiger partial charge in [0.15, 0.2) is 0 Å². The zero-order valence-corrected chi connectivity index (χ0v) is 11.4. The first-order valence-corrected chi connectivity index (χ1v) is 6.46. The summed E-state index contributed by atoms with van der Waals surface area (Å²) in [6, 6.07) is 14.7. The Bertz CT molecular complexity index is 562. The predicted octanol–water partition coefficient (Wildman–Crippen LogP) is 2.25. The average Bonchev–Trinajstić information content (AvgIpc) is 2.48. The van der Waals surface area contributed by atoms with Gasteiger partial charge in [-0.05, 0) is 48.4 Å². The zero-order chi connectivity index (χ0) is 14.4. The molecule has 20 heavy (non-hydrogen) atoms. The van der Waals surface area contributed by atoms with Crippen molar-refractivity contribution in [1.29, 1.82) is 0 Å². The highest BCUT2D eigenvalue weighted by Gasteiger charge is 2.04. The maximum atomic E-state index is 11.9. The molecule has 104 valence electrons. The van der Waals surface area contributed by atoms with E-state index in [1.807, 2.05) is 24.3 Å². The quantitative estimate of drug-likeness (QED) is 0.819. The van der Waals surface area contributed by atoms with Gasteiger partial charge in [0.05, 0.1) is 7.11 Å². The Labute approximate surface area is 118 Å². The second-order valence-corrected chi connectivity index (χ2v) is 4.48. The first-order valence-electron chi connectivity index (χ1n) is 6.46. The van der Waals surface area contributed by atoms with Gasteiger partial charge in [-0.15, -0.1) is 0 Å². The minimum absolute atomic E-state index is 0.0847. The Morgan fingerprint density at radius 2 is 1.75 bits per heavy atom. The number of rotatable bonds is 5. The van der Waals surface area contributed by atoms with E-state index in [-0.39, 0.29) is 5.91 Å². The maximum absolute atomic E-state index is 11.9. The number of ether oxygens (including phenoxy) is 1. The number of anilines is 1. The van der Waals surface area contributed by atoms with Crippen LogP contribution in [0.25, 0.3) is 0 Å². The number of carbonyl (C=O) groups is 1. The number of hydrogen-bond acceptors (Lipinski definition) is 3. The molecule has 2 aromatic rings. The molecule has 0 fully saturated rings. The summed E-state index contributed by atoms with van der Waals surface area (Å²) in [5.41, 5.74) is 8.01. The molecular weight excluding hydrogens is 252 g/mol. The largest absolute Gasteiger partial charge is 0.497 e. The van der Waals surface area contributed by atoms with Gasteiger partial charge in [-0.3, -0.25) is 4.79 Å². The Morgan fingerprint density at radius 1 is 1.10 bits per heavy atom. The van der Waals surface area contributed by atoms with E-state index in [0.29, 0.717) is 17.8 Å². The van der Waals surface area contributed by atoms with Crippen molar-refractivity contribution < 1.29 is 9.53 Å². The van der Waals surface area contributed by atoms with Crippen LogP contribution in [-0.2, 0) is 6.42 Å². The molecule has 2 rings (SSSR count). The third kappa shape index (κ3) is 3.75. The van der Waals surface area contributed by atoms with Gasteiger partial charge in [0.1, 0.15) is 5.75 Å². The number of carbonyl (C=O) groups excluding carboxylic acids is 1. The van der Waals surface area contributed by atoms with Crippen molar-refractivity contribution in [3.63, 3.8) is 0 Å². The number of nitrogen functional groups attached to an aromatic ring is 1. The van der Waals surface area contributed by atoms with E-state index < -0.39 is 0 Å². The molecule has 0 aliphatic rings. The highest BCUT2D eigenvalue weighted by molar-refractivity contribution is 5.94. The van der Waals surface area contributed by atoms with Crippen LogP contribution in [0.5, 0.6) is 5.75 Å². The van der Waals surface area contributed by atoms with Crippen molar-refractivity contribution in [2.75, 3.05) is 19.4 Å². The Morgan fingerprint density at radius 3 is 2.35 bits per heavy atom. The van der Waals surface area contributed by atoms with Crippen LogP contribution in [0.15, 0.2) is 48.5 Å². The number of nitrogens with one attached hydrogen (secondary N) is 1. The Kier molecular flexibility index (Phi) is 4.60. The van der Waals surface area contributed by atoms with Crippen LogP contribution in [0.1, 0.15) is 15.9 Å². The molecule has 0 heterocycles. The fourth-order valence-corrected chi connectivity index (χ4v) is 1.85. The number of nitrogens with two attached hydrogens (primary N) is 1. The third-order valence-electron chi connectivity index (χ3n) is 3.03. The molecule has 0 unspecified atom stereocenters. The molecule has 4 heteroatoms. The summed E-state index contributed by atoms with van der Waals surface area (Å²) < 4.78 is 5.10. The van der Waals surface area contributed by atoms with E-state index in [2.05, 4.69) is 5.32 Å². The Balaban J connectivity index is 1.82. The Hall–Kier alpha value is -2.49. The molecule has 0 aliphatic carbocycles.